The van der Waals surface area contributed by atoms with Gasteiger partial charge in [0.25, 0.3) is 0 Å². The van der Waals surface area contributed by atoms with Crippen LogP contribution in [0.15, 0.2) is 108 Å². The molecule has 7 aromatic rings. The average molecular weight is 468 g/mol. The normalized spacial score (nSPS) is 11.6. The molecule has 0 saturated carbocycles. The molecular weight excluding hydrogens is 446 g/mol. The van der Waals surface area contributed by atoms with Gasteiger partial charge < -0.3 is 14.1 Å². The molecule has 0 atom stereocenters. The maximum Gasteiger partial charge on any atom is 0.144 e. The fourth-order valence-corrected chi connectivity index (χ4v) is 4.87. The van der Waals surface area contributed by atoms with Crippen molar-refractivity contribution in [2.75, 3.05) is 0 Å². The lowest BCUT2D eigenvalue weighted by Gasteiger charge is -2.05. The summed E-state index contributed by atoms with van der Waals surface area (Å²) in [6.07, 6.45) is 3.90. The number of phenols is 1. The van der Waals surface area contributed by atoms with Gasteiger partial charge in [0, 0.05) is 52.8 Å². The van der Waals surface area contributed by atoms with Gasteiger partial charge in [0.1, 0.15) is 22.7 Å². The van der Waals surface area contributed by atoms with Crippen molar-refractivity contribution >= 4 is 32.7 Å². The van der Waals surface area contributed by atoms with E-state index in [4.69, 9.17) is 9.40 Å². The molecular formula is C31H21N3O2. The Morgan fingerprint density at radius 3 is 2.39 bits per heavy atom. The van der Waals surface area contributed by atoms with Crippen LogP contribution in [0, 0.1) is 0 Å². The molecule has 0 bridgehead atoms. The molecule has 0 amide bonds. The maximum atomic E-state index is 10.8. The number of benzene rings is 4. The molecule has 0 aliphatic heterocycles. The Hall–Kier alpha value is -4.90. The number of aromatic hydroxyl groups is 1. The molecule has 7 rings (SSSR count). The summed E-state index contributed by atoms with van der Waals surface area (Å²) < 4.78 is 7.86. The van der Waals surface area contributed by atoms with Crippen molar-refractivity contribution in [1.82, 2.24) is 14.5 Å². The second-order valence-corrected chi connectivity index (χ2v) is 9.02. The minimum atomic E-state index is 0.135. The molecule has 0 radical (unpaired) electrons. The van der Waals surface area contributed by atoms with E-state index < -0.39 is 0 Å². The minimum absolute atomic E-state index is 0.135. The van der Waals surface area contributed by atoms with Crippen LogP contribution in [0.4, 0.5) is 0 Å². The zero-order valence-corrected chi connectivity index (χ0v) is 19.5. The summed E-state index contributed by atoms with van der Waals surface area (Å²) in [6.45, 7) is 0. The summed E-state index contributed by atoms with van der Waals surface area (Å²) >= 11 is 0. The number of phenolic OH excluding ortho intramolecular Hbond substituents is 1. The molecule has 5 heteroatoms. The van der Waals surface area contributed by atoms with Gasteiger partial charge in [-0.05, 0) is 29.7 Å². The molecule has 36 heavy (non-hydrogen) atoms. The lowest BCUT2D eigenvalue weighted by molar-refractivity contribution is 0.476. The van der Waals surface area contributed by atoms with E-state index in [1.807, 2.05) is 78.6 Å². The van der Waals surface area contributed by atoms with Gasteiger partial charge in [-0.3, -0.25) is 4.98 Å². The van der Waals surface area contributed by atoms with Crippen molar-refractivity contribution in [2.45, 2.75) is 0 Å². The average Bonchev–Trinajstić information content (AvgIpc) is 3.47. The first-order valence-electron chi connectivity index (χ1n) is 11.8. The third kappa shape index (κ3) is 3.25. The number of aromatic nitrogens is 3. The summed E-state index contributed by atoms with van der Waals surface area (Å²) in [5.74, 6) is 0.819. The molecule has 0 fully saturated rings. The Balaban J connectivity index is 1.32. The monoisotopic (exact) mass is 467 g/mol. The van der Waals surface area contributed by atoms with Crippen LogP contribution in [0.25, 0.3) is 66.6 Å². The van der Waals surface area contributed by atoms with E-state index in [0.29, 0.717) is 17.0 Å². The van der Waals surface area contributed by atoms with Crippen LogP contribution in [-0.2, 0) is 7.05 Å². The molecule has 0 aliphatic carbocycles. The Labute approximate surface area is 206 Å². The zero-order valence-electron chi connectivity index (χ0n) is 19.5. The summed E-state index contributed by atoms with van der Waals surface area (Å²) in [6, 6.07) is 30.1. The zero-order chi connectivity index (χ0) is 24.2. The number of furan rings is 1. The number of nitrogens with zero attached hydrogens (tertiary/aromatic N) is 3. The Kier molecular flexibility index (Phi) is 4.45. The van der Waals surface area contributed by atoms with E-state index in [0.717, 1.165) is 49.6 Å². The topological polar surface area (TPSA) is 64.1 Å². The van der Waals surface area contributed by atoms with Crippen LogP contribution in [0.2, 0.25) is 0 Å². The summed E-state index contributed by atoms with van der Waals surface area (Å²) in [7, 11) is 1.94. The van der Waals surface area contributed by atoms with E-state index >= 15 is 0 Å². The highest BCUT2D eigenvalue weighted by Crippen LogP contribution is 2.38. The predicted molar refractivity (Wildman–Crippen MR) is 144 cm³/mol. The number of hydrogen-bond acceptors (Lipinski definition) is 4. The highest BCUT2D eigenvalue weighted by molar-refractivity contribution is 6.07. The number of para-hydroxylation sites is 1. The molecule has 0 saturated heterocycles. The number of pyridine rings is 1. The van der Waals surface area contributed by atoms with Gasteiger partial charge >= 0.3 is 0 Å². The van der Waals surface area contributed by atoms with Crippen molar-refractivity contribution in [3.8, 4) is 39.7 Å². The molecule has 0 aliphatic rings. The van der Waals surface area contributed by atoms with E-state index in [1.54, 1.807) is 6.07 Å². The smallest absolute Gasteiger partial charge is 0.144 e. The van der Waals surface area contributed by atoms with Gasteiger partial charge in [-0.25, -0.2) is 4.98 Å². The predicted octanol–water partition coefficient (Wildman–Crippen LogP) is 7.57. The summed E-state index contributed by atoms with van der Waals surface area (Å²) in [5.41, 5.74) is 5.87. The Morgan fingerprint density at radius 1 is 0.722 bits per heavy atom. The van der Waals surface area contributed by atoms with Crippen LogP contribution in [0.3, 0.4) is 0 Å². The fraction of sp³-hybridized carbons (Fsp3) is 0.0323. The van der Waals surface area contributed by atoms with E-state index in [1.165, 1.54) is 0 Å². The van der Waals surface area contributed by atoms with E-state index in [-0.39, 0.29) is 5.75 Å². The van der Waals surface area contributed by atoms with Crippen LogP contribution in [0.5, 0.6) is 5.75 Å². The fourth-order valence-electron chi connectivity index (χ4n) is 4.87. The van der Waals surface area contributed by atoms with Crippen molar-refractivity contribution in [3.63, 3.8) is 0 Å². The van der Waals surface area contributed by atoms with Gasteiger partial charge in [-0.2, -0.15) is 0 Å². The number of hydrogen-bond donors (Lipinski definition) is 1. The highest BCUT2D eigenvalue weighted by Gasteiger charge is 2.17. The number of aryl methyl sites for hydroxylation is 1. The summed E-state index contributed by atoms with van der Waals surface area (Å²) in [4.78, 5) is 9.59. The minimum Gasteiger partial charge on any atom is -0.507 e. The molecule has 3 heterocycles. The largest absolute Gasteiger partial charge is 0.507 e. The second kappa shape index (κ2) is 7.82. The second-order valence-electron chi connectivity index (χ2n) is 9.02. The number of fused-ring (bicyclic) bond motifs is 4. The van der Waals surface area contributed by atoms with Crippen LogP contribution in [0.1, 0.15) is 0 Å². The van der Waals surface area contributed by atoms with Gasteiger partial charge in [-0.1, -0.05) is 60.7 Å². The first kappa shape index (κ1) is 20.5. The number of rotatable bonds is 3. The first-order valence-corrected chi connectivity index (χ1v) is 11.8. The van der Waals surface area contributed by atoms with Crippen LogP contribution < -0.4 is 0 Å². The quantitative estimate of drug-likeness (QED) is 0.291. The van der Waals surface area contributed by atoms with Gasteiger partial charge in [0.2, 0.25) is 0 Å². The molecule has 0 spiro atoms. The van der Waals surface area contributed by atoms with Gasteiger partial charge in [0.15, 0.2) is 0 Å². The van der Waals surface area contributed by atoms with E-state index in [9.17, 15) is 5.11 Å². The Bertz CT molecular complexity index is 1930. The van der Waals surface area contributed by atoms with E-state index in [2.05, 4.69) is 35.3 Å². The molecule has 172 valence electrons. The van der Waals surface area contributed by atoms with Gasteiger partial charge in [-0.15, -0.1) is 0 Å². The first-order chi connectivity index (χ1) is 17.6. The SMILES string of the molecule is Cn1cc(-c2cccc(-c3cc4ccccc4cn3)c2)nc1-c1cc2c(cc1O)oc1ccccc12. The third-order valence-electron chi connectivity index (χ3n) is 6.70. The lowest BCUT2D eigenvalue weighted by atomic mass is 10.0. The maximum absolute atomic E-state index is 10.8. The molecule has 5 nitrogen and oxygen atoms in total. The van der Waals surface area contributed by atoms with Crippen LogP contribution in [-0.4, -0.2) is 19.6 Å². The molecule has 0 unspecified atom stereocenters. The highest BCUT2D eigenvalue weighted by atomic mass is 16.3. The summed E-state index contributed by atoms with van der Waals surface area (Å²) in [5, 5.41) is 15.1. The molecule has 3 aromatic heterocycles. The van der Waals surface area contributed by atoms with Crippen molar-refractivity contribution in [1.29, 1.82) is 0 Å². The lowest BCUT2D eigenvalue weighted by Crippen LogP contribution is -1.91. The third-order valence-corrected chi connectivity index (χ3v) is 6.70. The number of imidazole rings is 1. The standard InChI is InChI=1S/C31H21N3O2/c1-34-18-27(21-10-6-9-20(13-21)26-14-19-7-2-3-8-22(19)17-32-26)33-31(34)25-15-24-23-11-4-5-12-29(23)36-30(24)16-28(25)35/h2-18,35H,1H3. The molecule has 4 aromatic carbocycles. The Morgan fingerprint density at radius 2 is 1.50 bits per heavy atom. The van der Waals surface area contributed by atoms with Crippen molar-refractivity contribution in [2.24, 2.45) is 7.05 Å². The van der Waals surface area contributed by atoms with Crippen LogP contribution >= 0.6 is 0 Å². The van der Waals surface area contributed by atoms with Gasteiger partial charge in [0.05, 0.1) is 17.0 Å². The molecule has 1 N–H and O–H groups in total. The van der Waals surface area contributed by atoms with Crippen molar-refractivity contribution < 1.29 is 9.52 Å². The van der Waals surface area contributed by atoms with Crippen molar-refractivity contribution in [3.05, 3.63) is 103 Å².